The molecule has 11 heteroatoms. The highest BCUT2D eigenvalue weighted by Gasteiger charge is 2.28. The molecule has 0 saturated carbocycles. The van der Waals surface area contributed by atoms with Crippen LogP contribution in [0.15, 0.2) is 0 Å². The number of carbonyl (C=O) groups is 4. The van der Waals surface area contributed by atoms with E-state index in [1.54, 1.807) is 0 Å². The summed E-state index contributed by atoms with van der Waals surface area (Å²) in [4.78, 5) is 46.9. The average molecular weight is 392 g/mol. The first-order valence-electron chi connectivity index (χ1n) is 8.14. The van der Waals surface area contributed by atoms with E-state index in [0.717, 1.165) is 0 Å². The van der Waals surface area contributed by atoms with Gasteiger partial charge in [0.1, 0.15) is 18.1 Å². The van der Waals surface area contributed by atoms with Gasteiger partial charge >= 0.3 is 5.97 Å². The number of hydrogen-bond acceptors (Lipinski definition) is 7. The lowest BCUT2D eigenvalue weighted by atomic mass is 10.0. The summed E-state index contributed by atoms with van der Waals surface area (Å²) in [6, 6.07) is -4.42. The number of hydrogen-bond donors (Lipinski definition) is 7. The second-order valence-electron chi connectivity index (χ2n) is 6.29. The Morgan fingerprint density at radius 2 is 1.46 bits per heavy atom. The minimum Gasteiger partial charge on any atom is -0.480 e. The zero-order chi connectivity index (χ0) is 20.4. The highest BCUT2D eigenvalue weighted by molar-refractivity contribution is 7.80. The number of rotatable bonds is 11. The lowest BCUT2D eigenvalue weighted by Gasteiger charge is -2.23. The van der Waals surface area contributed by atoms with Crippen molar-refractivity contribution >= 4 is 36.3 Å². The molecule has 4 atom stereocenters. The third-order valence-electron chi connectivity index (χ3n) is 3.42. The number of aliphatic hydroxyl groups is 1. The molecule has 0 rings (SSSR count). The van der Waals surface area contributed by atoms with Crippen LogP contribution in [0.1, 0.15) is 27.2 Å². The molecule has 0 aromatic carbocycles. The number of nitrogens with two attached hydrogens (primary N) is 1. The van der Waals surface area contributed by atoms with Crippen LogP contribution in [0.25, 0.3) is 0 Å². The number of nitrogens with one attached hydrogen (secondary N) is 3. The van der Waals surface area contributed by atoms with E-state index in [-0.39, 0.29) is 11.7 Å². The molecular weight excluding hydrogens is 364 g/mol. The Morgan fingerprint density at radius 3 is 1.88 bits per heavy atom. The fourth-order valence-corrected chi connectivity index (χ4v) is 2.19. The van der Waals surface area contributed by atoms with Crippen molar-refractivity contribution in [1.82, 2.24) is 16.0 Å². The number of carboxylic acids is 1. The van der Waals surface area contributed by atoms with Gasteiger partial charge in [-0.15, -0.1) is 0 Å². The maximum Gasteiger partial charge on any atom is 0.325 e. The van der Waals surface area contributed by atoms with Gasteiger partial charge in [0.25, 0.3) is 0 Å². The maximum absolute atomic E-state index is 12.2. The standard InChI is InChI=1S/C15H28N4O6S/c1-7(2)4-9(16)12(21)18-10(5-20)13(22)19-11(6-26)14(23)17-8(3)15(24)25/h7-11,20,26H,4-6,16H2,1-3H3,(H,17,23)(H,18,21)(H,19,22)(H,24,25). The molecule has 0 saturated heterocycles. The smallest absolute Gasteiger partial charge is 0.325 e. The van der Waals surface area contributed by atoms with Crippen molar-refractivity contribution in [3.05, 3.63) is 0 Å². The largest absolute Gasteiger partial charge is 0.480 e. The summed E-state index contributed by atoms with van der Waals surface area (Å²) >= 11 is 3.95. The molecule has 0 bridgehead atoms. The molecular formula is C15H28N4O6S. The quantitative estimate of drug-likeness (QED) is 0.196. The van der Waals surface area contributed by atoms with Crippen molar-refractivity contribution in [2.75, 3.05) is 12.4 Å². The average Bonchev–Trinajstić information content (AvgIpc) is 2.55. The van der Waals surface area contributed by atoms with Gasteiger partial charge < -0.3 is 31.9 Å². The van der Waals surface area contributed by atoms with Gasteiger partial charge in [0.15, 0.2) is 0 Å². The summed E-state index contributed by atoms with van der Waals surface area (Å²) in [5, 5.41) is 25.0. The van der Waals surface area contributed by atoms with E-state index in [1.165, 1.54) is 6.92 Å². The first-order chi connectivity index (χ1) is 12.0. The molecule has 0 aliphatic heterocycles. The molecule has 150 valence electrons. The molecule has 0 spiro atoms. The topological polar surface area (TPSA) is 171 Å². The van der Waals surface area contributed by atoms with Crippen LogP contribution >= 0.6 is 12.6 Å². The number of carboxylic acid groups (broad SMARTS) is 1. The lowest BCUT2D eigenvalue weighted by molar-refractivity contribution is -0.141. The fourth-order valence-electron chi connectivity index (χ4n) is 1.93. The predicted molar refractivity (Wildman–Crippen MR) is 97.5 cm³/mol. The van der Waals surface area contributed by atoms with Crippen LogP contribution < -0.4 is 21.7 Å². The van der Waals surface area contributed by atoms with Gasteiger partial charge in [-0.1, -0.05) is 13.8 Å². The Morgan fingerprint density at radius 1 is 0.962 bits per heavy atom. The molecule has 10 nitrogen and oxygen atoms in total. The van der Waals surface area contributed by atoms with E-state index in [0.29, 0.717) is 6.42 Å². The summed E-state index contributed by atoms with van der Waals surface area (Å²) in [5.74, 6) is -3.33. The van der Waals surface area contributed by atoms with Crippen molar-refractivity contribution < 1.29 is 29.4 Å². The van der Waals surface area contributed by atoms with Crippen molar-refractivity contribution in [2.24, 2.45) is 11.7 Å². The van der Waals surface area contributed by atoms with Crippen molar-refractivity contribution in [2.45, 2.75) is 51.4 Å². The van der Waals surface area contributed by atoms with Crippen molar-refractivity contribution in [3.8, 4) is 0 Å². The predicted octanol–water partition coefficient (Wildman–Crippen LogP) is -2.16. The molecule has 0 aromatic heterocycles. The van der Waals surface area contributed by atoms with Crippen LogP contribution in [0, 0.1) is 5.92 Å². The van der Waals surface area contributed by atoms with Gasteiger partial charge in [0.05, 0.1) is 12.6 Å². The van der Waals surface area contributed by atoms with Gasteiger partial charge in [-0.25, -0.2) is 0 Å². The van der Waals surface area contributed by atoms with Gasteiger partial charge in [-0.2, -0.15) is 12.6 Å². The third kappa shape index (κ3) is 8.50. The molecule has 7 N–H and O–H groups in total. The second-order valence-corrected chi connectivity index (χ2v) is 6.66. The Hall–Kier alpha value is -1.85. The maximum atomic E-state index is 12.2. The molecule has 3 amide bonds. The summed E-state index contributed by atoms with van der Waals surface area (Å²) in [6.45, 7) is 4.34. The van der Waals surface area contributed by atoms with Gasteiger partial charge in [0.2, 0.25) is 17.7 Å². The fraction of sp³-hybridized carbons (Fsp3) is 0.733. The molecule has 0 aromatic rings. The van der Waals surface area contributed by atoms with E-state index in [2.05, 4.69) is 28.6 Å². The van der Waals surface area contributed by atoms with E-state index in [9.17, 15) is 24.3 Å². The number of carbonyl (C=O) groups excluding carboxylic acids is 3. The van der Waals surface area contributed by atoms with Gasteiger partial charge in [0, 0.05) is 5.75 Å². The molecule has 0 radical (unpaired) electrons. The number of amides is 3. The van der Waals surface area contributed by atoms with Gasteiger partial charge in [-0.3, -0.25) is 19.2 Å². The zero-order valence-corrected chi connectivity index (χ0v) is 16.0. The van der Waals surface area contributed by atoms with Gasteiger partial charge in [-0.05, 0) is 19.3 Å². The Bertz CT molecular complexity index is 516. The van der Waals surface area contributed by atoms with Crippen LogP contribution in [-0.4, -0.2) is 70.4 Å². The van der Waals surface area contributed by atoms with Crippen LogP contribution in [0.5, 0.6) is 0 Å². The van der Waals surface area contributed by atoms with E-state index < -0.39 is 54.5 Å². The van der Waals surface area contributed by atoms with Crippen LogP contribution in [0.4, 0.5) is 0 Å². The molecule has 0 heterocycles. The first-order valence-corrected chi connectivity index (χ1v) is 8.77. The molecule has 0 fully saturated rings. The lowest BCUT2D eigenvalue weighted by Crippen LogP contribution is -2.58. The normalized spacial score (nSPS) is 15.5. The molecule has 0 aliphatic carbocycles. The highest BCUT2D eigenvalue weighted by atomic mass is 32.1. The van der Waals surface area contributed by atoms with Crippen molar-refractivity contribution in [3.63, 3.8) is 0 Å². The molecule has 4 unspecified atom stereocenters. The van der Waals surface area contributed by atoms with Crippen LogP contribution in [-0.2, 0) is 19.2 Å². The first kappa shape index (κ1) is 24.1. The Balaban J connectivity index is 4.82. The molecule has 0 aliphatic rings. The SMILES string of the molecule is CC(C)CC(N)C(=O)NC(CO)C(=O)NC(CS)C(=O)NC(C)C(=O)O. The number of thiol groups is 1. The molecule has 26 heavy (non-hydrogen) atoms. The summed E-state index contributed by atoms with van der Waals surface area (Å²) in [6.07, 6.45) is 0.403. The summed E-state index contributed by atoms with van der Waals surface area (Å²) in [7, 11) is 0. The third-order valence-corrected chi connectivity index (χ3v) is 3.79. The minimum absolute atomic E-state index is 0.108. The summed E-state index contributed by atoms with van der Waals surface area (Å²) < 4.78 is 0. The van der Waals surface area contributed by atoms with Crippen molar-refractivity contribution in [1.29, 1.82) is 0 Å². The number of aliphatic hydroxyl groups excluding tert-OH is 1. The van der Waals surface area contributed by atoms with E-state index >= 15 is 0 Å². The van der Waals surface area contributed by atoms with Crippen LogP contribution in [0.2, 0.25) is 0 Å². The monoisotopic (exact) mass is 392 g/mol. The van der Waals surface area contributed by atoms with E-state index in [1.807, 2.05) is 13.8 Å². The van der Waals surface area contributed by atoms with Crippen LogP contribution in [0.3, 0.4) is 0 Å². The number of aliphatic carboxylic acids is 1. The zero-order valence-electron chi connectivity index (χ0n) is 15.1. The Labute approximate surface area is 157 Å². The van der Waals surface area contributed by atoms with E-state index in [4.69, 9.17) is 10.8 Å². The minimum atomic E-state index is -1.30. The second kappa shape index (κ2) is 11.7. The Kier molecular flexibility index (Phi) is 10.9. The summed E-state index contributed by atoms with van der Waals surface area (Å²) in [5.41, 5.74) is 5.72. The highest BCUT2D eigenvalue weighted by Crippen LogP contribution is 2.03.